The molecule has 4 heteroatoms. The lowest BCUT2D eigenvalue weighted by molar-refractivity contribution is 0.106. The van der Waals surface area contributed by atoms with Crippen LogP contribution in [0.2, 0.25) is 0 Å². The molecule has 0 aliphatic heterocycles. The van der Waals surface area contributed by atoms with Crippen LogP contribution in [0.15, 0.2) is 0 Å². The highest BCUT2D eigenvalue weighted by atomic mass is 32.1. The van der Waals surface area contributed by atoms with Crippen molar-refractivity contribution < 1.29 is 13.7 Å². The van der Waals surface area contributed by atoms with Crippen LogP contribution in [0.4, 0.5) is 4.79 Å². The van der Waals surface area contributed by atoms with E-state index in [1.165, 1.54) is 0 Å². The van der Waals surface area contributed by atoms with E-state index in [0.717, 1.165) is 12.8 Å². The van der Waals surface area contributed by atoms with Crippen LogP contribution in [-0.2, 0) is 8.92 Å². The summed E-state index contributed by atoms with van der Waals surface area (Å²) < 4.78 is 8.42. The van der Waals surface area contributed by atoms with E-state index in [0.29, 0.717) is 6.61 Å². The van der Waals surface area contributed by atoms with E-state index in [4.69, 9.17) is 0 Å². The standard InChI is InChI=1S/C5H10O3S/c1-2-3-4-7-5(6)8-9/h9H,2-4H2,1H3. The van der Waals surface area contributed by atoms with Crippen LogP contribution in [0.3, 0.4) is 0 Å². The van der Waals surface area contributed by atoms with Crippen LogP contribution in [0.5, 0.6) is 0 Å². The third kappa shape index (κ3) is 5.49. The molecule has 0 atom stereocenters. The third-order valence-electron chi connectivity index (χ3n) is 0.792. The number of hydrogen-bond donors (Lipinski definition) is 1. The zero-order valence-corrected chi connectivity index (χ0v) is 6.19. The van der Waals surface area contributed by atoms with E-state index in [2.05, 4.69) is 21.8 Å². The molecule has 54 valence electrons. The molecule has 0 aromatic rings. The summed E-state index contributed by atoms with van der Waals surface area (Å²) in [6.45, 7) is 2.42. The van der Waals surface area contributed by atoms with E-state index in [1.54, 1.807) is 0 Å². The molecule has 0 saturated heterocycles. The molecule has 0 unspecified atom stereocenters. The van der Waals surface area contributed by atoms with E-state index in [-0.39, 0.29) is 0 Å². The average molecular weight is 150 g/mol. The van der Waals surface area contributed by atoms with Gasteiger partial charge in [-0.2, -0.15) is 0 Å². The molecule has 0 saturated carbocycles. The van der Waals surface area contributed by atoms with Crippen molar-refractivity contribution >= 4 is 19.1 Å². The van der Waals surface area contributed by atoms with E-state index >= 15 is 0 Å². The van der Waals surface area contributed by atoms with Gasteiger partial charge in [0, 0.05) is 12.9 Å². The van der Waals surface area contributed by atoms with Crippen molar-refractivity contribution in [2.45, 2.75) is 19.8 Å². The molecule has 3 nitrogen and oxygen atoms in total. The van der Waals surface area contributed by atoms with Crippen molar-refractivity contribution in [1.82, 2.24) is 0 Å². The number of rotatable bonds is 3. The summed E-state index contributed by atoms with van der Waals surface area (Å²) in [7, 11) is 0. The third-order valence-corrected chi connectivity index (χ3v) is 0.941. The Hall–Kier alpha value is -0.380. The lowest BCUT2D eigenvalue weighted by atomic mass is 10.4. The van der Waals surface area contributed by atoms with Gasteiger partial charge in [-0.05, 0) is 6.42 Å². The Balaban J connectivity index is 2.97. The number of ether oxygens (including phenoxy) is 1. The summed E-state index contributed by atoms with van der Waals surface area (Å²) >= 11 is 3.24. The minimum absolute atomic E-state index is 0.413. The van der Waals surface area contributed by atoms with Crippen LogP contribution in [0.25, 0.3) is 0 Å². The highest BCUT2D eigenvalue weighted by Crippen LogP contribution is 1.91. The van der Waals surface area contributed by atoms with E-state index in [9.17, 15) is 4.79 Å². The molecular weight excluding hydrogens is 140 g/mol. The number of thiol groups is 1. The SMILES string of the molecule is CCCCOC(=O)OS. The van der Waals surface area contributed by atoms with Crippen molar-refractivity contribution in [2.24, 2.45) is 0 Å². The molecule has 0 amide bonds. The van der Waals surface area contributed by atoms with Gasteiger partial charge in [0.05, 0.1) is 6.61 Å². The molecule has 9 heavy (non-hydrogen) atoms. The Morgan fingerprint density at radius 1 is 1.67 bits per heavy atom. The Morgan fingerprint density at radius 2 is 2.33 bits per heavy atom. The lowest BCUT2D eigenvalue weighted by Crippen LogP contribution is -2.02. The van der Waals surface area contributed by atoms with Gasteiger partial charge >= 0.3 is 6.16 Å². The Morgan fingerprint density at radius 3 is 2.78 bits per heavy atom. The lowest BCUT2D eigenvalue weighted by Gasteiger charge is -1.98. The molecule has 0 aromatic carbocycles. The smallest absolute Gasteiger partial charge is 0.434 e. The molecule has 0 fully saturated rings. The first-order chi connectivity index (χ1) is 4.31. The second-order valence-electron chi connectivity index (χ2n) is 1.54. The number of hydrogen-bond acceptors (Lipinski definition) is 4. The van der Waals surface area contributed by atoms with Gasteiger partial charge in [0.2, 0.25) is 0 Å². The van der Waals surface area contributed by atoms with Crippen molar-refractivity contribution in [3.63, 3.8) is 0 Å². The largest absolute Gasteiger partial charge is 0.520 e. The van der Waals surface area contributed by atoms with Crippen LogP contribution < -0.4 is 0 Å². The van der Waals surface area contributed by atoms with Crippen LogP contribution in [-0.4, -0.2) is 12.8 Å². The van der Waals surface area contributed by atoms with Gasteiger partial charge in [0.15, 0.2) is 0 Å². The second kappa shape index (κ2) is 5.75. The minimum atomic E-state index is -0.730. The molecule has 0 aliphatic rings. The summed E-state index contributed by atoms with van der Waals surface area (Å²) in [6, 6.07) is 0. The molecular formula is C5H10O3S. The maximum Gasteiger partial charge on any atom is 0.520 e. The van der Waals surface area contributed by atoms with E-state index in [1.807, 2.05) is 6.92 Å². The first-order valence-electron chi connectivity index (χ1n) is 2.79. The van der Waals surface area contributed by atoms with Crippen molar-refractivity contribution in [3.05, 3.63) is 0 Å². The monoisotopic (exact) mass is 150 g/mol. The molecule has 0 aromatic heterocycles. The molecule has 0 heterocycles. The Kier molecular flexibility index (Phi) is 5.51. The molecule has 0 spiro atoms. The first-order valence-corrected chi connectivity index (χ1v) is 3.16. The topological polar surface area (TPSA) is 35.5 Å². The highest BCUT2D eigenvalue weighted by molar-refractivity contribution is 7.75. The zero-order valence-electron chi connectivity index (χ0n) is 5.29. The van der Waals surface area contributed by atoms with Gasteiger partial charge < -0.3 is 8.92 Å². The fourth-order valence-corrected chi connectivity index (χ4v) is 0.379. The van der Waals surface area contributed by atoms with Gasteiger partial charge in [-0.1, -0.05) is 13.3 Å². The fourth-order valence-electron chi connectivity index (χ4n) is 0.326. The van der Waals surface area contributed by atoms with Gasteiger partial charge in [-0.25, -0.2) is 4.79 Å². The quantitative estimate of drug-likeness (QED) is 0.288. The number of carbonyl (C=O) groups excluding carboxylic acids is 1. The summed E-state index contributed by atoms with van der Waals surface area (Å²) in [4.78, 5) is 10.2. The second-order valence-corrected chi connectivity index (χ2v) is 1.73. The average Bonchev–Trinajstić information content (AvgIpc) is 1.89. The van der Waals surface area contributed by atoms with Gasteiger partial charge in [-0.3, -0.25) is 0 Å². The molecule has 0 rings (SSSR count). The predicted molar refractivity (Wildman–Crippen MR) is 36.3 cm³/mol. The number of carbonyl (C=O) groups is 1. The molecule has 0 radical (unpaired) electrons. The molecule has 0 N–H and O–H groups in total. The summed E-state index contributed by atoms with van der Waals surface area (Å²) in [6.07, 6.45) is 1.13. The Bertz CT molecular complexity index is 84.3. The minimum Gasteiger partial charge on any atom is -0.434 e. The summed E-state index contributed by atoms with van der Waals surface area (Å²) in [5.41, 5.74) is 0. The Labute approximate surface area is 60.0 Å². The molecule has 0 aliphatic carbocycles. The van der Waals surface area contributed by atoms with Gasteiger partial charge in [0.25, 0.3) is 0 Å². The van der Waals surface area contributed by atoms with Crippen LogP contribution >= 0.6 is 12.9 Å². The summed E-state index contributed by atoms with van der Waals surface area (Å²) in [5, 5.41) is 0. The first kappa shape index (κ1) is 8.62. The van der Waals surface area contributed by atoms with Gasteiger partial charge in [0.1, 0.15) is 0 Å². The highest BCUT2D eigenvalue weighted by Gasteiger charge is 1.97. The van der Waals surface area contributed by atoms with Crippen molar-refractivity contribution in [3.8, 4) is 0 Å². The fraction of sp³-hybridized carbons (Fsp3) is 0.800. The summed E-state index contributed by atoms with van der Waals surface area (Å²) in [5.74, 6) is 0. The van der Waals surface area contributed by atoms with Crippen LogP contribution in [0.1, 0.15) is 19.8 Å². The van der Waals surface area contributed by atoms with Crippen molar-refractivity contribution in [1.29, 1.82) is 0 Å². The van der Waals surface area contributed by atoms with E-state index < -0.39 is 6.16 Å². The maximum absolute atomic E-state index is 10.2. The molecule has 0 bridgehead atoms. The van der Waals surface area contributed by atoms with Crippen molar-refractivity contribution in [2.75, 3.05) is 6.61 Å². The zero-order chi connectivity index (χ0) is 7.11. The normalized spacial score (nSPS) is 8.67. The van der Waals surface area contributed by atoms with Crippen LogP contribution in [0, 0.1) is 0 Å². The number of unbranched alkanes of at least 4 members (excludes halogenated alkanes) is 1. The van der Waals surface area contributed by atoms with Gasteiger partial charge in [-0.15, -0.1) is 0 Å². The predicted octanol–water partition coefficient (Wildman–Crippen LogP) is 1.78. The maximum atomic E-state index is 10.2.